The van der Waals surface area contributed by atoms with E-state index in [1.54, 1.807) is 18.2 Å². The summed E-state index contributed by atoms with van der Waals surface area (Å²) in [4.78, 5) is 16.7. The summed E-state index contributed by atoms with van der Waals surface area (Å²) < 4.78 is 12.5. The number of aliphatic imine (C=N–C) groups is 1. The highest BCUT2D eigenvalue weighted by Gasteiger charge is 2.24. The maximum Gasteiger partial charge on any atom is 0.275 e. The summed E-state index contributed by atoms with van der Waals surface area (Å²) in [5.74, 6) is 1.46. The van der Waals surface area contributed by atoms with Crippen LogP contribution in [0.4, 0.5) is 0 Å². The van der Waals surface area contributed by atoms with Crippen molar-refractivity contribution in [3.63, 3.8) is 0 Å². The minimum atomic E-state index is -0.283. The summed E-state index contributed by atoms with van der Waals surface area (Å²) in [5.41, 5.74) is 1.76. The molecular formula is C17H9BrClIN2O3. The highest BCUT2D eigenvalue weighted by molar-refractivity contribution is 14.1. The Hall–Kier alpha value is -1.58. The van der Waals surface area contributed by atoms with Gasteiger partial charge in [0.25, 0.3) is 5.91 Å². The van der Waals surface area contributed by atoms with Crippen LogP contribution >= 0.6 is 50.1 Å². The molecule has 1 N–H and O–H groups in total. The number of ether oxygens (including phenoxy) is 2. The maximum absolute atomic E-state index is 12.3. The molecule has 1 amide bonds. The Morgan fingerprint density at radius 2 is 2.00 bits per heavy atom. The van der Waals surface area contributed by atoms with Crippen LogP contribution in [0.1, 0.15) is 11.1 Å². The van der Waals surface area contributed by atoms with Crippen LogP contribution in [0.15, 0.2) is 45.5 Å². The average Bonchev–Trinajstić information content (AvgIpc) is 3.17. The van der Waals surface area contributed by atoms with Crippen LogP contribution in [0.3, 0.4) is 0 Å². The highest BCUT2D eigenvalue weighted by Crippen LogP contribution is 2.38. The monoisotopic (exact) mass is 530 g/mol. The molecule has 0 unspecified atom stereocenters. The first-order valence-corrected chi connectivity index (χ1v) is 9.42. The van der Waals surface area contributed by atoms with Gasteiger partial charge in [0, 0.05) is 13.6 Å². The Morgan fingerprint density at radius 3 is 2.80 bits per heavy atom. The fraction of sp³-hybridized carbons (Fsp3) is 0.0588. The van der Waals surface area contributed by atoms with Gasteiger partial charge in [0.1, 0.15) is 11.5 Å². The average molecular weight is 532 g/mol. The molecule has 0 spiro atoms. The van der Waals surface area contributed by atoms with Crippen molar-refractivity contribution in [1.29, 1.82) is 0 Å². The van der Waals surface area contributed by atoms with Gasteiger partial charge in [-0.05, 0) is 64.6 Å². The Morgan fingerprint density at radius 1 is 1.24 bits per heavy atom. The van der Waals surface area contributed by atoms with E-state index in [-0.39, 0.29) is 12.7 Å². The molecule has 0 atom stereocenters. The predicted octanol–water partition coefficient (Wildman–Crippen LogP) is 4.35. The van der Waals surface area contributed by atoms with Gasteiger partial charge in [-0.2, -0.15) is 0 Å². The Kier molecular flexibility index (Phi) is 4.47. The van der Waals surface area contributed by atoms with Gasteiger partial charge in [-0.15, -0.1) is 0 Å². The number of carbonyl (C=O) groups excluding carboxylic acids is 1. The number of benzene rings is 2. The second-order valence-corrected chi connectivity index (χ2v) is 7.80. The van der Waals surface area contributed by atoms with Crippen molar-refractivity contribution < 1.29 is 14.3 Å². The zero-order chi connectivity index (χ0) is 17.6. The number of nitrogens with one attached hydrogen (secondary N) is 1. The Labute approximate surface area is 170 Å². The summed E-state index contributed by atoms with van der Waals surface area (Å²) in [6.45, 7) is 0.190. The van der Waals surface area contributed by atoms with E-state index in [1.165, 1.54) is 0 Å². The van der Waals surface area contributed by atoms with E-state index in [4.69, 9.17) is 21.1 Å². The maximum atomic E-state index is 12.3. The molecule has 126 valence electrons. The minimum Gasteiger partial charge on any atom is -0.454 e. The Bertz CT molecular complexity index is 975. The molecule has 0 saturated heterocycles. The fourth-order valence-corrected chi connectivity index (χ4v) is 3.60. The van der Waals surface area contributed by atoms with Crippen molar-refractivity contribution in [1.82, 2.24) is 5.32 Å². The summed E-state index contributed by atoms with van der Waals surface area (Å²) in [6, 6.07) is 9.16. The number of hydrogen-bond donors (Lipinski definition) is 1. The van der Waals surface area contributed by atoms with Crippen molar-refractivity contribution >= 4 is 67.9 Å². The number of hydrogen-bond acceptors (Lipinski definition) is 4. The van der Waals surface area contributed by atoms with E-state index in [2.05, 4.69) is 48.8 Å². The number of halogens is 3. The largest absolute Gasteiger partial charge is 0.454 e. The molecular weight excluding hydrogens is 522 g/mol. The van der Waals surface area contributed by atoms with Gasteiger partial charge in [0.15, 0.2) is 11.5 Å². The summed E-state index contributed by atoms with van der Waals surface area (Å²) >= 11 is 11.9. The first-order valence-electron chi connectivity index (χ1n) is 7.17. The number of nitrogens with zero attached hydrogens (tertiary/aromatic N) is 1. The van der Waals surface area contributed by atoms with Crippen molar-refractivity contribution in [3.05, 3.63) is 60.2 Å². The lowest BCUT2D eigenvalue weighted by Crippen LogP contribution is -2.25. The molecule has 2 aromatic carbocycles. The fourth-order valence-electron chi connectivity index (χ4n) is 2.47. The van der Waals surface area contributed by atoms with Gasteiger partial charge in [-0.1, -0.05) is 27.5 Å². The highest BCUT2D eigenvalue weighted by atomic mass is 127. The van der Waals surface area contributed by atoms with Crippen molar-refractivity contribution in [3.8, 4) is 11.5 Å². The lowest BCUT2D eigenvalue weighted by molar-refractivity contribution is -0.115. The van der Waals surface area contributed by atoms with Crippen molar-refractivity contribution in [2.75, 3.05) is 6.79 Å². The third kappa shape index (κ3) is 3.28. The third-order valence-corrected chi connectivity index (χ3v) is 5.35. The van der Waals surface area contributed by atoms with E-state index < -0.39 is 0 Å². The summed E-state index contributed by atoms with van der Waals surface area (Å²) in [7, 11) is 0. The van der Waals surface area contributed by atoms with E-state index >= 15 is 0 Å². The van der Waals surface area contributed by atoms with Crippen LogP contribution < -0.4 is 14.8 Å². The first-order chi connectivity index (χ1) is 12.0. The smallest absolute Gasteiger partial charge is 0.275 e. The van der Waals surface area contributed by atoms with E-state index in [0.717, 1.165) is 13.6 Å². The molecule has 0 saturated carbocycles. The number of amides is 1. The molecule has 0 aromatic heterocycles. The number of amidine groups is 1. The molecule has 5 nitrogen and oxygen atoms in total. The third-order valence-electron chi connectivity index (χ3n) is 3.66. The lowest BCUT2D eigenvalue weighted by Gasteiger charge is -2.03. The number of fused-ring (bicyclic) bond motifs is 1. The quantitative estimate of drug-likeness (QED) is 0.463. The minimum absolute atomic E-state index is 0.190. The molecule has 25 heavy (non-hydrogen) atoms. The van der Waals surface area contributed by atoms with Gasteiger partial charge >= 0.3 is 0 Å². The second-order valence-electron chi connectivity index (χ2n) is 5.30. The van der Waals surface area contributed by atoms with E-state index in [9.17, 15) is 4.79 Å². The SMILES string of the molecule is O=C1NC(c2cc(I)ccc2Cl)=NC1=Cc1cc2c(cc1Br)OCO2. The Balaban J connectivity index is 1.73. The summed E-state index contributed by atoms with van der Waals surface area (Å²) in [5, 5.41) is 3.30. The van der Waals surface area contributed by atoms with Gasteiger partial charge in [0.05, 0.1) is 5.02 Å². The van der Waals surface area contributed by atoms with Gasteiger partial charge in [-0.3, -0.25) is 4.79 Å². The standard InChI is InChI=1S/C17H9BrClIN2O3/c18-11-6-15-14(24-7-25-15)4-8(11)3-13-17(23)22-16(21-13)10-5-9(20)1-2-12(10)19/h1-6H,7H2,(H,21,22,23). The normalized spacial score (nSPS) is 17.0. The van der Waals surface area contributed by atoms with Crippen molar-refractivity contribution in [2.24, 2.45) is 4.99 Å². The molecule has 2 aliphatic rings. The topological polar surface area (TPSA) is 59.9 Å². The van der Waals surface area contributed by atoms with Crippen LogP contribution in [0.5, 0.6) is 11.5 Å². The van der Waals surface area contributed by atoms with Crippen LogP contribution in [-0.2, 0) is 4.79 Å². The molecule has 4 rings (SSSR count). The molecule has 0 aliphatic carbocycles. The van der Waals surface area contributed by atoms with E-state index in [0.29, 0.717) is 33.6 Å². The molecule has 8 heteroatoms. The predicted molar refractivity (Wildman–Crippen MR) is 107 cm³/mol. The van der Waals surface area contributed by atoms with Crippen LogP contribution in [0.25, 0.3) is 6.08 Å². The zero-order valence-electron chi connectivity index (χ0n) is 12.5. The van der Waals surface area contributed by atoms with Crippen molar-refractivity contribution in [2.45, 2.75) is 0 Å². The molecule has 0 radical (unpaired) electrons. The lowest BCUT2D eigenvalue weighted by atomic mass is 10.1. The van der Waals surface area contributed by atoms with E-state index in [1.807, 2.05) is 18.2 Å². The van der Waals surface area contributed by atoms with Crippen LogP contribution in [-0.4, -0.2) is 18.5 Å². The molecule has 2 aliphatic heterocycles. The van der Waals surface area contributed by atoms with Crippen LogP contribution in [0.2, 0.25) is 5.02 Å². The second kappa shape index (κ2) is 6.62. The number of rotatable bonds is 2. The molecule has 2 heterocycles. The van der Waals surface area contributed by atoms with Gasteiger partial charge in [-0.25, -0.2) is 4.99 Å². The number of carbonyl (C=O) groups is 1. The first kappa shape index (κ1) is 16.9. The molecule has 0 fully saturated rings. The summed E-state index contributed by atoms with van der Waals surface area (Å²) in [6.07, 6.45) is 1.69. The van der Waals surface area contributed by atoms with Crippen LogP contribution in [0, 0.1) is 3.57 Å². The van der Waals surface area contributed by atoms with Gasteiger partial charge < -0.3 is 14.8 Å². The van der Waals surface area contributed by atoms with Gasteiger partial charge in [0.2, 0.25) is 6.79 Å². The molecule has 0 bridgehead atoms. The molecule has 2 aromatic rings. The zero-order valence-corrected chi connectivity index (χ0v) is 17.0.